The molecule has 0 unspecified atom stereocenters. The highest BCUT2D eigenvalue weighted by Gasteiger charge is 2.15. The van der Waals surface area contributed by atoms with Gasteiger partial charge in [-0.25, -0.2) is 9.78 Å². The van der Waals surface area contributed by atoms with E-state index in [1.807, 2.05) is 18.2 Å². The Bertz CT molecular complexity index is 1480. The van der Waals surface area contributed by atoms with Crippen LogP contribution in [0.5, 0.6) is 5.75 Å². The number of nitrogens with zero attached hydrogens (tertiary/aromatic N) is 1. The zero-order valence-corrected chi connectivity index (χ0v) is 18.3. The summed E-state index contributed by atoms with van der Waals surface area (Å²) in [6, 6.07) is 23.4. The smallest absolute Gasteiger partial charge is 0.335 e. The largest absolute Gasteiger partial charge is 0.507 e. The van der Waals surface area contributed by atoms with Gasteiger partial charge in [-0.05, 0) is 59.2 Å². The van der Waals surface area contributed by atoms with E-state index in [4.69, 9.17) is 4.98 Å². The lowest BCUT2D eigenvalue weighted by Crippen LogP contribution is -1.95. The first-order valence-electron chi connectivity index (χ1n) is 11.1. The number of fused-ring (bicyclic) bond motifs is 3. The zero-order valence-electron chi connectivity index (χ0n) is 18.3. The number of benzene rings is 4. The summed E-state index contributed by atoms with van der Waals surface area (Å²) >= 11 is 0. The number of unbranched alkanes of at least 4 members (excludes halogenated alkanes) is 1. The van der Waals surface area contributed by atoms with E-state index in [0.29, 0.717) is 22.1 Å². The molecule has 0 amide bonds. The summed E-state index contributed by atoms with van der Waals surface area (Å²) in [7, 11) is 0. The third-order valence-electron chi connectivity index (χ3n) is 6.04. The van der Waals surface area contributed by atoms with E-state index in [0.717, 1.165) is 28.6 Å². The lowest BCUT2D eigenvalue weighted by molar-refractivity contribution is 0.0696. The highest BCUT2D eigenvalue weighted by atomic mass is 16.4. The van der Waals surface area contributed by atoms with Gasteiger partial charge in [-0.2, -0.15) is 0 Å². The lowest BCUT2D eigenvalue weighted by atomic mass is 10.00. The van der Waals surface area contributed by atoms with Crippen LogP contribution in [-0.4, -0.2) is 26.2 Å². The zero-order chi connectivity index (χ0) is 22.9. The molecule has 164 valence electrons. The molecular weight excluding hydrogens is 412 g/mol. The van der Waals surface area contributed by atoms with Crippen LogP contribution in [-0.2, 0) is 6.42 Å². The Kier molecular flexibility index (Phi) is 5.31. The number of phenols is 1. The van der Waals surface area contributed by atoms with Crippen molar-refractivity contribution in [2.24, 2.45) is 0 Å². The van der Waals surface area contributed by atoms with E-state index in [-0.39, 0.29) is 11.3 Å². The molecule has 0 atom stereocenters. The molecule has 33 heavy (non-hydrogen) atoms. The molecule has 5 rings (SSSR count). The first kappa shape index (κ1) is 20.8. The molecule has 0 aliphatic heterocycles. The first-order chi connectivity index (χ1) is 16.0. The molecule has 0 saturated heterocycles. The van der Waals surface area contributed by atoms with Gasteiger partial charge in [0.05, 0.1) is 16.5 Å². The van der Waals surface area contributed by atoms with Crippen molar-refractivity contribution >= 4 is 27.8 Å². The fourth-order valence-corrected chi connectivity index (χ4v) is 4.26. The standard InChI is InChI=1S/C28H24N2O3/c1-2-3-5-17-8-10-18(11-9-17)19-6-4-7-21(14-19)27-29-23-13-12-20-15-22(28(32)33)16-24(31)25(20)26(23)30-27/h4,6-16,31H,2-3,5H2,1H3,(H,29,30)(H,32,33). The Morgan fingerprint density at radius 2 is 1.73 bits per heavy atom. The molecule has 0 saturated carbocycles. The third kappa shape index (κ3) is 3.94. The topological polar surface area (TPSA) is 86.2 Å². The molecule has 0 spiro atoms. The predicted octanol–water partition coefficient (Wildman–Crippen LogP) is 6.80. The molecule has 1 heterocycles. The fourth-order valence-electron chi connectivity index (χ4n) is 4.26. The second kappa shape index (κ2) is 8.43. The number of nitrogens with one attached hydrogen (secondary N) is 1. The van der Waals surface area contributed by atoms with Crippen molar-refractivity contribution in [2.45, 2.75) is 26.2 Å². The highest BCUT2D eigenvalue weighted by molar-refractivity contribution is 6.10. The monoisotopic (exact) mass is 436 g/mol. The van der Waals surface area contributed by atoms with Gasteiger partial charge in [0.15, 0.2) is 0 Å². The predicted molar refractivity (Wildman–Crippen MR) is 132 cm³/mol. The van der Waals surface area contributed by atoms with Crippen LogP contribution < -0.4 is 0 Å². The average Bonchev–Trinajstić information content (AvgIpc) is 3.27. The maximum Gasteiger partial charge on any atom is 0.335 e. The molecule has 4 aromatic carbocycles. The van der Waals surface area contributed by atoms with Crippen LogP contribution in [0.15, 0.2) is 72.8 Å². The summed E-state index contributed by atoms with van der Waals surface area (Å²) in [4.78, 5) is 19.4. The number of rotatable bonds is 6. The van der Waals surface area contributed by atoms with Gasteiger partial charge in [0.1, 0.15) is 17.1 Å². The number of hydrogen-bond donors (Lipinski definition) is 3. The highest BCUT2D eigenvalue weighted by Crippen LogP contribution is 2.34. The number of imidazole rings is 1. The second-order valence-corrected chi connectivity index (χ2v) is 8.33. The van der Waals surface area contributed by atoms with Crippen molar-refractivity contribution < 1.29 is 15.0 Å². The van der Waals surface area contributed by atoms with Crippen LogP contribution in [0.3, 0.4) is 0 Å². The number of aryl methyl sites for hydroxylation is 1. The van der Waals surface area contributed by atoms with Gasteiger partial charge in [0, 0.05) is 5.56 Å². The average molecular weight is 437 g/mol. The van der Waals surface area contributed by atoms with Crippen LogP contribution in [0.25, 0.3) is 44.3 Å². The van der Waals surface area contributed by atoms with Gasteiger partial charge in [0.2, 0.25) is 0 Å². The summed E-state index contributed by atoms with van der Waals surface area (Å²) in [5, 5.41) is 21.0. The van der Waals surface area contributed by atoms with Crippen molar-refractivity contribution in [3.8, 4) is 28.3 Å². The molecule has 0 aliphatic carbocycles. The summed E-state index contributed by atoms with van der Waals surface area (Å²) in [5.41, 5.74) is 5.99. The summed E-state index contributed by atoms with van der Waals surface area (Å²) in [6.45, 7) is 2.20. The minimum absolute atomic E-state index is 0.0449. The Hall–Kier alpha value is -4.12. The Morgan fingerprint density at radius 3 is 2.48 bits per heavy atom. The number of phenolic OH excluding ortho intramolecular Hbond substituents is 1. The maximum atomic E-state index is 11.3. The number of carbonyl (C=O) groups is 1. The van der Waals surface area contributed by atoms with Crippen LogP contribution in [0.4, 0.5) is 0 Å². The van der Waals surface area contributed by atoms with Gasteiger partial charge in [0.25, 0.3) is 0 Å². The number of H-pyrrole nitrogens is 1. The van der Waals surface area contributed by atoms with Gasteiger partial charge >= 0.3 is 5.97 Å². The SMILES string of the molecule is CCCCc1ccc(-c2cccc(-c3nc4c(ccc5cc(C(=O)O)cc(O)c54)[nH]3)c2)cc1. The van der Waals surface area contributed by atoms with Crippen molar-refractivity contribution in [1.29, 1.82) is 0 Å². The molecule has 5 nitrogen and oxygen atoms in total. The molecular formula is C28H24N2O3. The number of carboxylic acid groups (broad SMARTS) is 1. The van der Waals surface area contributed by atoms with Crippen molar-refractivity contribution in [2.75, 3.05) is 0 Å². The summed E-state index contributed by atoms with van der Waals surface area (Å²) < 4.78 is 0. The molecule has 0 fully saturated rings. The molecule has 5 aromatic rings. The Labute approximate surface area is 191 Å². The van der Waals surface area contributed by atoms with Gasteiger partial charge < -0.3 is 15.2 Å². The van der Waals surface area contributed by atoms with Gasteiger partial charge in [-0.15, -0.1) is 0 Å². The molecule has 3 N–H and O–H groups in total. The van der Waals surface area contributed by atoms with Crippen molar-refractivity contribution in [1.82, 2.24) is 9.97 Å². The molecule has 0 aliphatic rings. The van der Waals surface area contributed by atoms with Crippen LogP contribution in [0.2, 0.25) is 0 Å². The van der Waals surface area contributed by atoms with E-state index >= 15 is 0 Å². The number of carboxylic acids is 1. The second-order valence-electron chi connectivity index (χ2n) is 8.33. The molecule has 0 bridgehead atoms. The van der Waals surface area contributed by atoms with E-state index in [9.17, 15) is 15.0 Å². The maximum absolute atomic E-state index is 11.3. The van der Waals surface area contributed by atoms with E-state index in [1.54, 1.807) is 12.1 Å². The third-order valence-corrected chi connectivity index (χ3v) is 6.04. The van der Waals surface area contributed by atoms with Crippen molar-refractivity contribution in [3.05, 3.63) is 83.9 Å². The number of aromatic amines is 1. The number of aromatic nitrogens is 2. The minimum atomic E-state index is -1.08. The first-order valence-corrected chi connectivity index (χ1v) is 11.1. The van der Waals surface area contributed by atoms with E-state index in [1.165, 1.54) is 24.5 Å². The Balaban J connectivity index is 1.54. The molecule has 0 radical (unpaired) electrons. The summed E-state index contributed by atoms with van der Waals surface area (Å²) in [5.74, 6) is -0.476. The quantitative estimate of drug-likeness (QED) is 0.273. The van der Waals surface area contributed by atoms with Crippen LogP contribution >= 0.6 is 0 Å². The number of hydrogen-bond acceptors (Lipinski definition) is 3. The van der Waals surface area contributed by atoms with E-state index < -0.39 is 5.97 Å². The van der Waals surface area contributed by atoms with Crippen LogP contribution in [0.1, 0.15) is 35.7 Å². The molecule has 5 heteroatoms. The minimum Gasteiger partial charge on any atom is -0.507 e. The van der Waals surface area contributed by atoms with Gasteiger partial charge in [-0.1, -0.05) is 61.9 Å². The molecule has 1 aromatic heterocycles. The lowest BCUT2D eigenvalue weighted by Gasteiger charge is -2.06. The van der Waals surface area contributed by atoms with Crippen LogP contribution in [0, 0.1) is 0 Å². The number of aromatic carboxylic acids is 1. The van der Waals surface area contributed by atoms with Gasteiger partial charge in [-0.3, -0.25) is 0 Å². The Morgan fingerprint density at radius 1 is 0.939 bits per heavy atom. The summed E-state index contributed by atoms with van der Waals surface area (Å²) in [6.07, 6.45) is 3.49. The van der Waals surface area contributed by atoms with E-state index in [2.05, 4.69) is 48.3 Å². The normalized spacial score (nSPS) is 11.3. The fraction of sp³-hybridized carbons (Fsp3) is 0.143. The number of aromatic hydroxyl groups is 1. The van der Waals surface area contributed by atoms with Crippen molar-refractivity contribution in [3.63, 3.8) is 0 Å².